The molecule has 1 aliphatic rings. The SMILES string of the molecule is C=C(C)C(N)C1CC=C(OCC(F)(F)F)C=N1. The van der Waals surface area contributed by atoms with Crippen molar-refractivity contribution in [1.82, 2.24) is 0 Å². The Morgan fingerprint density at radius 3 is 2.76 bits per heavy atom. The lowest BCUT2D eigenvalue weighted by atomic mass is 9.99. The third kappa shape index (κ3) is 4.60. The molecule has 0 aliphatic carbocycles. The van der Waals surface area contributed by atoms with Gasteiger partial charge in [0, 0.05) is 6.04 Å². The Morgan fingerprint density at radius 2 is 2.35 bits per heavy atom. The third-order valence-corrected chi connectivity index (χ3v) is 2.34. The van der Waals surface area contributed by atoms with Crippen molar-refractivity contribution in [2.75, 3.05) is 6.61 Å². The van der Waals surface area contributed by atoms with E-state index in [9.17, 15) is 13.2 Å². The molecule has 3 nitrogen and oxygen atoms in total. The summed E-state index contributed by atoms with van der Waals surface area (Å²) in [5.74, 6) is 0.132. The van der Waals surface area contributed by atoms with Gasteiger partial charge >= 0.3 is 6.18 Å². The van der Waals surface area contributed by atoms with Crippen molar-refractivity contribution in [3.63, 3.8) is 0 Å². The van der Waals surface area contributed by atoms with E-state index in [0.29, 0.717) is 6.42 Å². The van der Waals surface area contributed by atoms with Gasteiger partial charge in [0.2, 0.25) is 0 Å². The van der Waals surface area contributed by atoms with Crippen LogP contribution in [0, 0.1) is 0 Å². The predicted molar refractivity (Wildman–Crippen MR) is 59.8 cm³/mol. The Balaban J connectivity index is 2.46. The lowest BCUT2D eigenvalue weighted by Gasteiger charge is -2.22. The summed E-state index contributed by atoms with van der Waals surface area (Å²) < 4.78 is 40.2. The number of aliphatic imine (C=N–C) groups is 1. The van der Waals surface area contributed by atoms with Crippen molar-refractivity contribution < 1.29 is 17.9 Å². The summed E-state index contributed by atoms with van der Waals surface area (Å²) in [5, 5.41) is 0. The van der Waals surface area contributed by atoms with Gasteiger partial charge in [-0.25, -0.2) is 0 Å². The molecule has 0 saturated heterocycles. The number of ether oxygens (including phenoxy) is 1. The number of hydrogen-bond donors (Lipinski definition) is 1. The van der Waals surface area contributed by atoms with Gasteiger partial charge in [-0.15, -0.1) is 0 Å². The number of hydrogen-bond acceptors (Lipinski definition) is 3. The van der Waals surface area contributed by atoms with Crippen LogP contribution in [0.1, 0.15) is 13.3 Å². The second-order valence-electron chi connectivity index (χ2n) is 3.96. The largest absolute Gasteiger partial charge is 0.483 e. The van der Waals surface area contributed by atoms with E-state index in [1.165, 1.54) is 6.21 Å². The van der Waals surface area contributed by atoms with Crippen molar-refractivity contribution in [2.45, 2.75) is 31.6 Å². The van der Waals surface area contributed by atoms with Crippen LogP contribution in [0.3, 0.4) is 0 Å². The molecule has 2 N–H and O–H groups in total. The first-order valence-electron chi connectivity index (χ1n) is 5.13. The maximum atomic E-state index is 11.9. The molecule has 96 valence electrons. The van der Waals surface area contributed by atoms with Gasteiger partial charge in [-0.3, -0.25) is 4.99 Å². The quantitative estimate of drug-likeness (QED) is 0.775. The zero-order chi connectivity index (χ0) is 13.1. The number of alkyl halides is 3. The van der Waals surface area contributed by atoms with Gasteiger partial charge in [0.25, 0.3) is 0 Å². The molecule has 1 rings (SSSR count). The van der Waals surface area contributed by atoms with Gasteiger partial charge in [-0.05, 0) is 19.4 Å². The van der Waals surface area contributed by atoms with Gasteiger partial charge in [0.1, 0.15) is 5.76 Å². The molecular weight excluding hydrogens is 233 g/mol. The van der Waals surface area contributed by atoms with E-state index in [1.807, 2.05) is 0 Å². The standard InChI is InChI=1S/C11H15F3N2O/c1-7(2)10(15)9-4-3-8(5-16-9)17-6-11(12,13)14/h3,5,9-10H,1,4,6,15H2,2H3. The first-order chi connectivity index (χ1) is 7.79. The van der Waals surface area contributed by atoms with Gasteiger partial charge in [0.05, 0.1) is 12.3 Å². The highest BCUT2D eigenvalue weighted by Gasteiger charge is 2.29. The molecule has 17 heavy (non-hydrogen) atoms. The molecule has 1 heterocycles. The summed E-state index contributed by atoms with van der Waals surface area (Å²) in [6, 6.07) is -0.461. The Morgan fingerprint density at radius 1 is 1.71 bits per heavy atom. The summed E-state index contributed by atoms with van der Waals surface area (Å²) in [6.07, 6.45) is -1.04. The predicted octanol–water partition coefficient (Wildman–Crippen LogP) is 2.20. The molecule has 0 aromatic rings. The summed E-state index contributed by atoms with van der Waals surface area (Å²) in [5.41, 5.74) is 6.61. The molecule has 0 amide bonds. The smallest absolute Gasteiger partial charge is 0.422 e. The minimum absolute atomic E-state index is 0.132. The van der Waals surface area contributed by atoms with E-state index in [-0.39, 0.29) is 17.8 Å². The zero-order valence-corrected chi connectivity index (χ0v) is 9.50. The number of allylic oxidation sites excluding steroid dienone is 1. The fraction of sp³-hybridized carbons (Fsp3) is 0.545. The van der Waals surface area contributed by atoms with Crippen LogP contribution in [0.5, 0.6) is 0 Å². The average molecular weight is 248 g/mol. The normalized spacial score (nSPS) is 21.9. The lowest BCUT2D eigenvalue weighted by Crippen LogP contribution is -2.35. The Labute approximate surface area is 97.8 Å². The molecule has 0 spiro atoms. The van der Waals surface area contributed by atoms with E-state index in [2.05, 4.69) is 16.3 Å². The minimum Gasteiger partial charge on any atom is -0.483 e. The molecule has 0 aromatic heterocycles. The van der Waals surface area contributed by atoms with E-state index >= 15 is 0 Å². The molecule has 0 radical (unpaired) electrons. The maximum absolute atomic E-state index is 11.9. The highest BCUT2D eigenvalue weighted by Crippen LogP contribution is 2.19. The van der Waals surface area contributed by atoms with Crippen molar-refractivity contribution in [1.29, 1.82) is 0 Å². The van der Waals surface area contributed by atoms with Crippen LogP contribution in [0.2, 0.25) is 0 Å². The van der Waals surface area contributed by atoms with Gasteiger partial charge < -0.3 is 10.5 Å². The van der Waals surface area contributed by atoms with Gasteiger partial charge in [-0.2, -0.15) is 13.2 Å². The van der Waals surface area contributed by atoms with E-state index < -0.39 is 12.8 Å². The van der Waals surface area contributed by atoms with Crippen LogP contribution in [0.15, 0.2) is 29.0 Å². The lowest BCUT2D eigenvalue weighted by molar-refractivity contribution is -0.163. The number of nitrogens with two attached hydrogens (primary N) is 1. The molecule has 0 fully saturated rings. The monoisotopic (exact) mass is 248 g/mol. The highest BCUT2D eigenvalue weighted by molar-refractivity contribution is 5.77. The molecule has 0 bridgehead atoms. The number of halogens is 3. The molecule has 1 aliphatic heterocycles. The molecule has 2 unspecified atom stereocenters. The fourth-order valence-electron chi connectivity index (χ4n) is 1.35. The van der Waals surface area contributed by atoms with Crippen molar-refractivity contribution >= 4 is 6.21 Å². The summed E-state index contributed by atoms with van der Waals surface area (Å²) >= 11 is 0. The number of nitrogens with zero attached hydrogens (tertiary/aromatic N) is 1. The molecule has 0 saturated carbocycles. The first-order valence-corrected chi connectivity index (χ1v) is 5.13. The minimum atomic E-state index is -4.33. The number of dihydropyridines is 1. The van der Waals surface area contributed by atoms with Crippen LogP contribution < -0.4 is 5.73 Å². The average Bonchev–Trinajstić information content (AvgIpc) is 2.25. The Bertz CT molecular complexity index is 347. The van der Waals surface area contributed by atoms with E-state index in [1.54, 1.807) is 13.0 Å². The molecule has 2 atom stereocenters. The van der Waals surface area contributed by atoms with Crippen molar-refractivity contribution in [3.8, 4) is 0 Å². The van der Waals surface area contributed by atoms with Crippen LogP contribution in [-0.4, -0.2) is 31.1 Å². The van der Waals surface area contributed by atoms with Gasteiger partial charge in [-0.1, -0.05) is 12.2 Å². The van der Waals surface area contributed by atoms with Crippen LogP contribution in [0.4, 0.5) is 13.2 Å². The Kier molecular flexibility index (Phi) is 4.34. The second-order valence-corrected chi connectivity index (χ2v) is 3.96. The molecule has 6 heteroatoms. The highest BCUT2D eigenvalue weighted by atomic mass is 19.4. The van der Waals surface area contributed by atoms with Crippen LogP contribution in [0.25, 0.3) is 0 Å². The summed E-state index contributed by atoms with van der Waals surface area (Å²) in [4.78, 5) is 4.06. The van der Waals surface area contributed by atoms with Crippen LogP contribution >= 0.6 is 0 Å². The summed E-state index contributed by atoms with van der Waals surface area (Å²) in [6.45, 7) is 4.21. The maximum Gasteiger partial charge on any atom is 0.422 e. The third-order valence-electron chi connectivity index (χ3n) is 2.34. The van der Waals surface area contributed by atoms with Crippen molar-refractivity contribution in [2.24, 2.45) is 10.7 Å². The zero-order valence-electron chi connectivity index (χ0n) is 9.50. The summed E-state index contributed by atoms with van der Waals surface area (Å²) in [7, 11) is 0. The first kappa shape index (κ1) is 13.8. The van der Waals surface area contributed by atoms with E-state index in [4.69, 9.17) is 5.73 Å². The van der Waals surface area contributed by atoms with Crippen LogP contribution in [-0.2, 0) is 4.74 Å². The second kappa shape index (κ2) is 5.35. The fourth-order valence-corrected chi connectivity index (χ4v) is 1.35. The molecular formula is C11H15F3N2O. The van der Waals surface area contributed by atoms with E-state index in [0.717, 1.165) is 5.57 Å². The Hall–Kier alpha value is -1.30. The van der Waals surface area contributed by atoms with Crippen molar-refractivity contribution in [3.05, 3.63) is 24.0 Å². The van der Waals surface area contributed by atoms with Gasteiger partial charge in [0.15, 0.2) is 6.61 Å². The number of rotatable bonds is 4. The molecule has 0 aromatic carbocycles. The topological polar surface area (TPSA) is 47.6 Å².